The quantitative estimate of drug-likeness (QED) is 0.0446. The van der Waals surface area contributed by atoms with Gasteiger partial charge in [0.15, 0.2) is 11.5 Å². The molecule has 0 spiro atoms. The largest absolute Gasteiger partial charge is 0.505 e. The first kappa shape index (κ1) is 31.2. The van der Waals surface area contributed by atoms with Crippen molar-refractivity contribution in [1.82, 2.24) is 0 Å². The van der Waals surface area contributed by atoms with Gasteiger partial charge in [0.25, 0.3) is 20.2 Å². The van der Waals surface area contributed by atoms with Gasteiger partial charge < -0.3 is 31.5 Å². The monoisotopic (exact) mass is 674 g/mol. The van der Waals surface area contributed by atoms with E-state index in [1.165, 1.54) is 36.4 Å². The van der Waals surface area contributed by atoms with Crippen LogP contribution in [0.2, 0.25) is 5.02 Å². The fourth-order valence-electron chi connectivity index (χ4n) is 4.45. The molecule has 0 amide bonds. The molecule has 0 unspecified atom stereocenters. The minimum Gasteiger partial charge on any atom is -0.505 e. The molecular weight excluding hydrogens is 656 g/mol. The van der Waals surface area contributed by atoms with Gasteiger partial charge in [0.1, 0.15) is 26.9 Å². The zero-order valence-electron chi connectivity index (χ0n) is 22.2. The van der Waals surface area contributed by atoms with Gasteiger partial charge in [-0.3, -0.25) is 9.11 Å². The summed E-state index contributed by atoms with van der Waals surface area (Å²) < 4.78 is 67.3. The van der Waals surface area contributed by atoms with Crippen LogP contribution in [-0.4, -0.2) is 52.3 Å². The lowest BCUT2D eigenvalue weighted by Crippen LogP contribution is -2.03. The van der Waals surface area contributed by atoms with E-state index in [0.717, 1.165) is 24.3 Å². The molecule has 0 saturated heterocycles. The van der Waals surface area contributed by atoms with Gasteiger partial charge in [-0.05, 0) is 71.4 Å². The molecule has 5 aromatic rings. The third-order valence-corrected chi connectivity index (χ3v) is 8.61. The Hall–Kier alpha value is -5.20. The summed E-state index contributed by atoms with van der Waals surface area (Å²) in [5.41, 5.74) is 4.28. The molecule has 0 fully saturated rings. The highest BCUT2D eigenvalue weighted by molar-refractivity contribution is 7.86. The van der Waals surface area contributed by atoms with Gasteiger partial charge >= 0.3 is 5.97 Å². The first-order valence-electron chi connectivity index (χ1n) is 12.2. The smallest absolute Gasteiger partial charge is 0.335 e. The topological polar surface area (TPSA) is 269 Å². The zero-order chi connectivity index (χ0) is 33.0. The van der Waals surface area contributed by atoms with Crippen LogP contribution in [0.1, 0.15) is 10.4 Å². The number of nitrogens with two attached hydrogens (primary N) is 1. The summed E-state index contributed by atoms with van der Waals surface area (Å²) in [7, 11) is -9.78. The van der Waals surface area contributed by atoms with E-state index in [1.807, 2.05) is 0 Å². The third kappa shape index (κ3) is 5.97. The summed E-state index contributed by atoms with van der Waals surface area (Å²) in [6.07, 6.45) is 0. The minimum absolute atomic E-state index is 0.0557. The van der Waals surface area contributed by atoms with E-state index in [0.29, 0.717) is 11.4 Å². The molecule has 18 heteroatoms. The maximum atomic E-state index is 12.3. The van der Waals surface area contributed by atoms with Gasteiger partial charge in [0, 0.05) is 22.1 Å². The van der Waals surface area contributed by atoms with Crippen LogP contribution >= 0.6 is 11.6 Å². The van der Waals surface area contributed by atoms with E-state index < -0.39 is 70.3 Å². The number of azo groups is 1. The number of carbonyl (C=O) groups is 1. The maximum absolute atomic E-state index is 12.3. The number of aromatic hydroxyl groups is 3. The van der Waals surface area contributed by atoms with Crippen molar-refractivity contribution in [2.24, 2.45) is 10.2 Å². The molecule has 0 bridgehead atoms. The fraction of sp³-hybridized carbons (Fsp3) is 0. The number of fused-ring (bicyclic) bond motifs is 2. The van der Waals surface area contributed by atoms with Crippen LogP contribution in [0.5, 0.6) is 17.2 Å². The highest BCUT2D eigenvalue weighted by Gasteiger charge is 2.23. The molecule has 0 aliphatic heterocycles. The Labute approximate surface area is 258 Å². The Morgan fingerprint density at radius 3 is 1.80 bits per heavy atom. The summed E-state index contributed by atoms with van der Waals surface area (Å²) in [6.45, 7) is 0. The van der Waals surface area contributed by atoms with Crippen molar-refractivity contribution in [3.8, 4) is 17.2 Å². The van der Waals surface area contributed by atoms with Crippen molar-refractivity contribution < 1.29 is 51.2 Å². The van der Waals surface area contributed by atoms with E-state index in [2.05, 4.69) is 15.5 Å². The normalized spacial score (nSPS) is 12.2. The van der Waals surface area contributed by atoms with Gasteiger partial charge in [-0.15, -0.1) is 10.2 Å². The lowest BCUT2D eigenvalue weighted by atomic mass is 10.1. The second-order valence-electron chi connectivity index (χ2n) is 9.49. The molecule has 5 rings (SSSR count). The van der Waals surface area contributed by atoms with Crippen LogP contribution in [0.15, 0.2) is 80.7 Å². The first-order valence-corrected chi connectivity index (χ1v) is 15.5. The number of nitrogen functional groups attached to an aromatic ring is 1. The number of benzene rings is 5. The van der Waals surface area contributed by atoms with Crippen LogP contribution in [0.4, 0.5) is 28.4 Å². The second-order valence-corrected chi connectivity index (χ2v) is 12.7. The van der Waals surface area contributed by atoms with Gasteiger partial charge in [-0.25, -0.2) is 4.79 Å². The summed E-state index contributed by atoms with van der Waals surface area (Å²) in [5, 5.41) is 51.2. The average molecular weight is 675 g/mol. The number of hydrogen-bond donors (Lipinski definition) is 8. The molecule has 0 aromatic heterocycles. The lowest BCUT2D eigenvalue weighted by molar-refractivity contribution is 0.0696. The van der Waals surface area contributed by atoms with Crippen LogP contribution in [0.3, 0.4) is 0 Å². The average Bonchev–Trinajstić information content (AvgIpc) is 2.95. The van der Waals surface area contributed by atoms with Crippen molar-refractivity contribution in [2.75, 3.05) is 11.1 Å². The molecule has 5 aromatic carbocycles. The predicted octanol–water partition coefficient (Wildman–Crippen LogP) is 5.70. The lowest BCUT2D eigenvalue weighted by Gasteiger charge is -2.13. The molecule has 15 nitrogen and oxygen atoms in total. The number of carboxylic acids is 1. The first-order chi connectivity index (χ1) is 21.0. The second kappa shape index (κ2) is 11.1. The van der Waals surface area contributed by atoms with Crippen LogP contribution in [0, 0.1) is 0 Å². The minimum atomic E-state index is -5.03. The van der Waals surface area contributed by atoms with Crippen molar-refractivity contribution in [3.63, 3.8) is 0 Å². The zero-order valence-corrected chi connectivity index (χ0v) is 24.6. The molecule has 0 saturated carbocycles. The Bertz CT molecular complexity index is 2350. The molecule has 0 radical (unpaired) electrons. The summed E-state index contributed by atoms with van der Waals surface area (Å²) in [5.74, 6) is -3.35. The van der Waals surface area contributed by atoms with Crippen molar-refractivity contribution in [1.29, 1.82) is 0 Å². The highest BCUT2D eigenvalue weighted by atomic mass is 35.5. The molecule has 232 valence electrons. The third-order valence-electron chi connectivity index (χ3n) is 6.56. The Morgan fingerprint density at radius 1 is 0.733 bits per heavy atom. The molecule has 0 aliphatic carbocycles. The predicted molar refractivity (Wildman–Crippen MR) is 163 cm³/mol. The number of hydrogen-bond acceptors (Lipinski definition) is 12. The molecule has 9 N–H and O–H groups in total. The standard InChI is InChI=1S/C27H19ClN4O11S2/c28-18-7-13(27(36)37)8-19(26(18)35)31-32-23-21(45(41,42)43)10-12-6-15(2-4-17(12)25(23)34)30-14-1-3-16-11(5-14)9-20(44(38,39)40)22(29)24(16)33/h1-10,30,33-35H,29H2,(H,36,37)(H,38,39,40)(H,41,42,43). The Kier molecular flexibility index (Phi) is 7.68. The number of phenolic OH excluding ortho intramolecular Hbond substituents is 3. The van der Waals surface area contributed by atoms with Gasteiger partial charge in [-0.1, -0.05) is 11.6 Å². The van der Waals surface area contributed by atoms with Crippen molar-refractivity contribution in [3.05, 3.63) is 71.2 Å². The highest BCUT2D eigenvalue weighted by Crippen LogP contribution is 2.44. The van der Waals surface area contributed by atoms with E-state index >= 15 is 0 Å². The van der Waals surface area contributed by atoms with Gasteiger partial charge in [0.05, 0.1) is 16.3 Å². The summed E-state index contributed by atoms with van der Waals surface area (Å²) >= 11 is 5.84. The number of nitrogens with zero attached hydrogens (tertiary/aromatic N) is 2. The number of halogens is 1. The Balaban J connectivity index is 1.58. The number of aromatic carboxylic acids is 1. The number of nitrogens with one attached hydrogen (secondary N) is 1. The fourth-order valence-corrected chi connectivity index (χ4v) is 5.97. The van der Waals surface area contributed by atoms with Gasteiger partial charge in [-0.2, -0.15) is 16.8 Å². The number of rotatable bonds is 7. The van der Waals surface area contributed by atoms with Gasteiger partial charge in [0.2, 0.25) is 0 Å². The molecular formula is C27H19ClN4O11S2. The van der Waals surface area contributed by atoms with E-state index in [9.17, 15) is 51.2 Å². The maximum Gasteiger partial charge on any atom is 0.335 e. The van der Waals surface area contributed by atoms with Crippen LogP contribution in [-0.2, 0) is 20.2 Å². The number of carboxylic acid groups (broad SMARTS) is 1. The van der Waals surface area contributed by atoms with Crippen LogP contribution < -0.4 is 11.1 Å². The summed E-state index contributed by atoms with van der Waals surface area (Å²) in [4.78, 5) is 9.78. The molecule has 0 aliphatic rings. The SMILES string of the molecule is Nc1c(S(=O)(=O)O)cc2cc(Nc3ccc4c(O)c(N=Nc5cc(C(=O)O)cc(Cl)c5O)c(S(=O)(=O)O)cc4c3)ccc2c1O. The van der Waals surface area contributed by atoms with E-state index in [4.69, 9.17) is 17.3 Å². The molecule has 45 heavy (non-hydrogen) atoms. The van der Waals surface area contributed by atoms with Crippen molar-refractivity contribution in [2.45, 2.75) is 9.79 Å². The Morgan fingerprint density at radius 2 is 1.27 bits per heavy atom. The van der Waals surface area contributed by atoms with Crippen molar-refractivity contribution >= 4 is 87.8 Å². The number of anilines is 3. The number of phenols is 3. The van der Waals surface area contributed by atoms with E-state index in [1.54, 1.807) is 0 Å². The van der Waals surface area contributed by atoms with Crippen LogP contribution in [0.25, 0.3) is 21.5 Å². The molecule has 0 atom stereocenters. The molecule has 0 heterocycles. The summed E-state index contributed by atoms with van der Waals surface area (Å²) in [6, 6.07) is 12.6. The van der Waals surface area contributed by atoms with E-state index in [-0.39, 0.29) is 32.1 Å².